The Morgan fingerprint density at radius 1 is 1.54 bits per heavy atom. The molecule has 13 heavy (non-hydrogen) atoms. The number of nitrogens with one attached hydrogen (secondary N) is 1. The zero-order valence-corrected chi connectivity index (χ0v) is 7.71. The molecule has 68 valence electrons. The summed E-state index contributed by atoms with van der Waals surface area (Å²) in [5, 5.41) is 3.07. The monoisotopic (exact) mass is 175 g/mol. The molecule has 0 radical (unpaired) electrons. The molecule has 0 unspecified atom stereocenters. The summed E-state index contributed by atoms with van der Waals surface area (Å²) in [5.41, 5.74) is 1.19. The van der Waals surface area contributed by atoms with Crippen molar-refractivity contribution in [2.45, 2.75) is 6.54 Å². The quantitative estimate of drug-likeness (QED) is 0.699. The van der Waals surface area contributed by atoms with Gasteiger partial charge in [0.05, 0.1) is 0 Å². The lowest BCUT2D eigenvalue weighted by Crippen LogP contribution is -2.05. The molecule has 0 saturated heterocycles. The van der Waals surface area contributed by atoms with Crippen LogP contribution in [0.4, 0.5) is 0 Å². The van der Waals surface area contributed by atoms with Gasteiger partial charge in [-0.05, 0) is 24.7 Å². The second-order valence-corrected chi connectivity index (χ2v) is 2.67. The third-order valence-corrected chi connectivity index (χ3v) is 1.60. The van der Waals surface area contributed by atoms with E-state index in [1.807, 2.05) is 31.3 Å². The van der Waals surface area contributed by atoms with Crippen LogP contribution >= 0.6 is 0 Å². The van der Waals surface area contributed by atoms with Crippen molar-refractivity contribution in [2.24, 2.45) is 0 Å². The molecule has 0 bridgehead atoms. The molecular weight excluding hydrogens is 162 g/mol. The average molecular weight is 175 g/mol. The first kappa shape index (κ1) is 9.63. The third kappa shape index (κ3) is 3.18. The van der Waals surface area contributed by atoms with Gasteiger partial charge in [-0.15, -0.1) is 6.42 Å². The van der Waals surface area contributed by atoms with Gasteiger partial charge in [0.1, 0.15) is 12.4 Å². The maximum absolute atomic E-state index is 5.28. The maximum Gasteiger partial charge on any atom is 0.148 e. The van der Waals surface area contributed by atoms with Gasteiger partial charge in [0.2, 0.25) is 0 Å². The van der Waals surface area contributed by atoms with Crippen LogP contribution in [0.1, 0.15) is 5.56 Å². The minimum Gasteiger partial charge on any atom is -0.481 e. The van der Waals surface area contributed by atoms with Gasteiger partial charge in [-0.1, -0.05) is 18.1 Å². The van der Waals surface area contributed by atoms with Crippen LogP contribution in [-0.4, -0.2) is 13.7 Å². The number of hydrogen-bond donors (Lipinski definition) is 1. The number of benzene rings is 1. The van der Waals surface area contributed by atoms with Crippen molar-refractivity contribution in [1.29, 1.82) is 0 Å². The summed E-state index contributed by atoms with van der Waals surface area (Å²) < 4.78 is 5.28. The molecule has 1 aromatic carbocycles. The summed E-state index contributed by atoms with van der Waals surface area (Å²) >= 11 is 0. The average Bonchev–Trinajstić information content (AvgIpc) is 2.16. The topological polar surface area (TPSA) is 21.3 Å². The summed E-state index contributed by atoms with van der Waals surface area (Å²) in [6.07, 6.45) is 5.09. The van der Waals surface area contributed by atoms with E-state index in [2.05, 4.69) is 11.2 Å². The summed E-state index contributed by atoms with van der Waals surface area (Å²) in [5.74, 6) is 3.25. The van der Waals surface area contributed by atoms with Crippen molar-refractivity contribution in [3.05, 3.63) is 29.8 Å². The van der Waals surface area contributed by atoms with Crippen molar-refractivity contribution in [1.82, 2.24) is 5.32 Å². The fraction of sp³-hybridized carbons (Fsp3) is 0.273. The van der Waals surface area contributed by atoms with Crippen LogP contribution in [0.2, 0.25) is 0 Å². The molecule has 0 aromatic heterocycles. The summed E-state index contributed by atoms with van der Waals surface area (Å²) in [6, 6.07) is 7.88. The highest BCUT2D eigenvalue weighted by molar-refractivity contribution is 5.28. The van der Waals surface area contributed by atoms with E-state index in [-0.39, 0.29) is 0 Å². The second kappa shape index (κ2) is 5.23. The molecule has 0 fully saturated rings. The first-order valence-electron chi connectivity index (χ1n) is 4.16. The first-order valence-corrected chi connectivity index (χ1v) is 4.16. The largest absolute Gasteiger partial charge is 0.481 e. The van der Waals surface area contributed by atoms with Crippen LogP contribution in [0.5, 0.6) is 5.75 Å². The molecule has 2 nitrogen and oxygen atoms in total. The van der Waals surface area contributed by atoms with Gasteiger partial charge in [-0.3, -0.25) is 0 Å². The van der Waals surface area contributed by atoms with Crippen molar-refractivity contribution >= 4 is 0 Å². The minimum atomic E-state index is 0.322. The summed E-state index contributed by atoms with van der Waals surface area (Å²) in [6.45, 7) is 1.16. The molecule has 2 heteroatoms. The number of terminal acetylenes is 1. The highest BCUT2D eigenvalue weighted by Gasteiger charge is 1.94. The van der Waals surface area contributed by atoms with E-state index in [1.165, 1.54) is 5.56 Å². The summed E-state index contributed by atoms with van der Waals surface area (Å²) in [4.78, 5) is 0. The zero-order chi connectivity index (χ0) is 9.52. The van der Waals surface area contributed by atoms with E-state index in [0.29, 0.717) is 6.61 Å². The molecule has 1 N–H and O–H groups in total. The maximum atomic E-state index is 5.28. The Hall–Kier alpha value is -1.46. The molecule has 0 aliphatic heterocycles. The van der Waals surface area contributed by atoms with Crippen LogP contribution in [0.3, 0.4) is 0 Å². The van der Waals surface area contributed by atoms with E-state index in [4.69, 9.17) is 11.2 Å². The van der Waals surface area contributed by atoms with Crippen LogP contribution in [-0.2, 0) is 6.54 Å². The minimum absolute atomic E-state index is 0.322. The Bertz CT molecular complexity index is 301. The molecule has 0 amide bonds. The molecule has 0 heterocycles. The van der Waals surface area contributed by atoms with E-state index < -0.39 is 0 Å². The van der Waals surface area contributed by atoms with E-state index >= 15 is 0 Å². The van der Waals surface area contributed by atoms with Crippen LogP contribution in [0.15, 0.2) is 24.3 Å². The fourth-order valence-electron chi connectivity index (χ4n) is 1.07. The van der Waals surface area contributed by atoms with Gasteiger partial charge >= 0.3 is 0 Å². The zero-order valence-electron chi connectivity index (χ0n) is 7.71. The molecule has 0 atom stereocenters. The Labute approximate surface area is 78.9 Å². The first-order chi connectivity index (χ1) is 6.36. The Morgan fingerprint density at radius 3 is 3.08 bits per heavy atom. The predicted molar refractivity (Wildman–Crippen MR) is 53.5 cm³/mol. The number of rotatable bonds is 4. The lowest BCUT2D eigenvalue weighted by molar-refractivity contribution is 0.370. The van der Waals surface area contributed by atoms with Gasteiger partial charge in [0, 0.05) is 6.54 Å². The van der Waals surface area contributed by atoms with E-state index in [0.717, 1.165) is 12.3 Å². The lowest BCUT2D eigenvalue weighted by Gasteiger charge is -2.04. The van der Waals surface area contributed by atoms with E-state index in [1.54, 1.807) is 0 Å². The highest BCUT2D eigenvalue weighted by atomic mass is 16.5. The van der Waals surface area contributed by atoms with Crippen molar-refractivity contribution < 1.29 is 4.74 Å². The smallest absolute Gasteiger partial charge is 0.148 e. The van der Waals surface area contributed by atoms with Crippen LogP contribution in [0, 0.1) is 12.3 Å². The highest BCUT2D eigenvalue weighted by Crippen LogP contribution is 2.12. The standard InChI is InChI=1S/C11H13NO/c1-3-7-13-11-6-4-5-10(8-11)9-12-2/h1,4-6,8,12H,7,9H2,2H3. The molecular formula is C11H13NO. The van der Waals surface area contributed by atoms with Gasteiger partial charge in [-0.25, -0.2) is 0 Å². The third-order valence-electron chi connectivity index (χ3n) is 1.60. The van der Waals surface area contributed by atoms with Gasteiger partial charge in [0.15, 0.2) is 0 Å². The van der Waals surface area contributed by atoms with Gasteiger partial charge < -0.3 is 10.1 Å². The normalized spacial score (nSPS) is 9.23. The Morgan fingerprint density at radius 2 is 2.38 bits per heavy atom. The SMILES string of the molecule is C#CCOc1cccc(CNC)c1. The molecule has 0 aliphatic carbocycles. The lowest BCUT2D eigenvalue weighted by atomic mass is 10.2. The summed E-state index contributed by atoms with van der Waals surface area (Å²) in [7, 11) is 1.91. The fourth-order valence-corrected chi connectivity index (χ4v) is 1.07. The number of ether oxygens (including phenoxy) is 1. The van der Waals surface area contributed by atoms with Gasteiger partial charge in [0.25, 0.3) is 0 Å². The Kier molecular flexibility index (Phi) is 3.87. The van der Waals surface area contributed by atoms with Crippen LogP contribution in [0.25, 0.3) is 0 Å². The molecule has 0 spiro atoms. The number of hydrogen-bond acceptors (Lipinski definition) is 2. The molecule has 1 aromatic rings. The molecule has 0 aliphatic rings. The molecule has 0 saturated carbocycles. The van der Waals surface area contributed by atoms with Crippen LogP contribution < -0.4 is 10.1 Å². The molecule has 1 rings (SSSR count). The predicted octanol–water partition coefficient (Wildman–Crippen LogP) is 1.42. The van der Waals surface area contributed by atoms with Crippen molar-refractivity contribution in [3.63, 3.8) is 0 Å². The Balaban J connectivity index is 2.63. The van der Waals surface area contributed by atoms with Gasteiger partial charge in [-0.2, -0.15) is 0 Å². The second-order valence-electron chi connectivity index (χ2n) is 2.67. The van der Waals surface area contributed by atoms with Crippen molar-refractivity contribution in [2.75, 3.05) is 13.7 Å². The van der Waals surface area contributed by atoms with E-state index in [9.17, 15) is 0 Å². The van der Waals surface area contributed by atoms with Crippen molar-refractivity contribution in [3.8, 4) is 18.1 Å².